The van der Waals surface area contributed by atoms with Crippen LogP contribution < -0.4 is 0 Å². The van der Waals surface area contributed by atoms with Crippen LogP contribution in [0.1, 0.15) is 4.79 Å². The van der Waals surface area contributed by atoms with Gasteiger partial charge in [0.05, 0.1) is 34.4 Å². The van der Waals surface area contributed by atoms with Gasteiger partial charge in [-0.15, -0.1) is 0 Å². The van der Waals surface area contributed by atoms with Gasteiger partial charge in [-0.05, 0) is 24.3 Å². The van der Waals surface area contributed by atoms with Crippen molar-refractivity contribution in [2.75, 3.05) is 45.9 Å². The summed E-state index contributed by atoms with van der Waals surface area (Å²) in [5, 5.41) is 9.11. The fourth-order valence-electron chi connectivity index (χ4n) is 3.81. The molecular weight excluding hydrogens is 372 g/mol. The van der Waals surface area contributed by atoms with Gasteiger partial charge in [-0.3, -0.25) is 23.1 Å². The van der Waals surface area contributed by atoms with E-state index in [-0.39, 0.29) is 12.5 Å². The van der Waals surface area contributed by atoms with E-state index in [4.69, 9.17) is 5.11 Å². The standard InChI is InChI=1S/C21H26N4O2S/c1-22-17-6-2-3-7-18(17)25(19-8-4-5-9-20(19)28-22)21(27)16-24-12-10-23(11-13-24)14-15-26/h2-9,26H,10-16H2,1H3. The van der Waals surface area contributed by atoms with Crippen LogP contribution in [0.4, 0.5) is 0 Å². The van der Waals surface area contributed by atoms with Crippen molar-refractivity contribution in [1.29, 1.82) is 0 Å². The van der Waals surface area contributed by atoms with Gasteiger partial charge < -0.3 is 5.11 Å². The van der Waals surface area contributed by atoms with Gasteiger partial charge in [0.2, 0.25) is 5.91 Å². The second-order valence-corrected chi connectivity index (χ2v) is 8.29. The van der Waals surface area contributed by atoms with E-state index in [1.54, 1.807) is 11.5 Å². The number of carbonyl (C=O) groups excluding carboxylic acids is 1. The Morgan fingerprint density at radius 2 is 1.54 bits per heavy atom. The predicted molar refractivity (Wildman–Crippen MR) is 115 cm³/mol. The first-order chi connectivity index (χ1) is 13.7. The smallest absolute Gasteiger partial charge is 0.245 e. The zero-order chi connectivity index (χ0) is 19.5. The number of hydrogen-bond donors (Lipinski definition) is 1. The zero-order valence-electron chi connectivity index (χ0n) is 16.1. The Kier molecular flexibility index (Phi) is 5.77. The Hall–Kier alpha value is -2.19. The number of piperazine rings is 1. The third-order valence-corrected chi connectivity index (χ3v) is 6.31. The van der Waals surface area contributed by atoms with Crippen molar-refractivity contribution < 1.29 is 9.90 Å². The molecule has 2 aromatic carbocycles. The lowest BCUT2D eigenvalue weighted by atomic mass is 10.2. The molecule has 7 heteroatoms. The molecule has 0 amide bonds. The Labute approximate surface area is 168 Å². The Morgan fingerprint density at radius 1 is 0.929 bits per heavy atom. The van der Waals surface area contributed by atoms with Crippen molar-refractivity contribution in [3.05, 3.63) is 48.5 Å². The van der Waals surface area contributed by atoms with Crippen LogP contribution in [0.25, 0.3) is 21.3 Å². The summed E-state index contributed by atoms with van der Waals surface area (Å²) in [5.41, 5.74) is 2.89. The number of nitrogens with zero attached hydrogens (tertiary/aromatic N) is 4. The fourth-order valence-corrected chi connectivity index (χ4v) is 4.75. The van der Waals surface area contributed by atoms with E-state index in [0.29, 0.717) is 13.1 Å². The summed E-state index contributed by atoms with van der Waals surface area (Å²) < 4.78 is 5.07. The number of rotatable bonds is 4. The fraction of sp³-hybridized carbons (Fsp3) is 0.381. The van der Waals surface area contributed by atoms with Crippen molar-refractivity contribution in [1.82, 2.24) is 18.3 Å². The molecule has 0 aliphatic carbocycles. The van der Waals surface area contributed by atoms with Gasteiger partial charge in [0.1, 0.15) is 0 Å². The maximum Gasteiger partial charge on any atom is 0.245 e. The van der Waals surface area contributed by atoms with Crippen molar-refractivity contribution in [3.63, 3.8) is 0 Å². The number of aliphatic hydroxyl groups excluding tert-OH is 1. The second kappa shape index (κ2) is 8.45. The average molecular weight is 399 g/mol. The molecule has 0 saturated carbocycles. The number of para-hydroxylation sites is 3. The highest BCUT2D eigenvalue weighted by Gasteiger charge is 2.20. The average Bonchev–Trinajstić information content (AvgIpc) is 2.83. The number of aryl methyl sites for hydroxylation is 1. The number of benzene rings is 2. The molecule has 6 nitrogen and oxygen atoms in total. The van der Waals surface area contributed by atoms with Crippen LogP contribution in [0.3, 0.4) is 0 Å². The van der Waals surface area contributed by atoms with E-state index in [1.165, 1.54) is 0 Å². The third kappa shape index (κ3) is 3.84. The largest absolute Gasteiger partial charge is 0.395 e. The molecule has 3 aromatic rings. The van der Waals surface area contributed by atoms with Crippen LogP contribution in [0, 0.1) is 0 Å². The molecule has 1 N–H and O–H groups in total. The first-order valence-electron chi connectivity index (χ1n) is 9.65. The monoisotopic (exact) mass is 398 g/mol. The van der Waals surface area contributed by atoms with Gasteiger partial charge in [0, 0.05) is 39.8 Å². The summed E-state index contributed by atoms with van der Waals surface area (Å²) >= 11 is 1.64. The highest BCUT2D eigenvalue weighted by molar-refractivity contribution is 7.13. The summed E-state index contributed by atoms with van der Waals surface area (Å²) in [6.45, 7) is 4.75. The van der Waals surface area contributed by atoms with Crippen molar-refractivity contribution >= 4 is 38.7 Å². The topological polar surface area (TPSA) is 53.6 Å². The minimum Gasteiger partial charge on any atom is -0.395 e. The molecule has 1 saturated heterocycles. The van der Waals surface area contributed by atoms with Crippen molar-refractivity contribution in [3.8, 4) is 0 Å². The van der Waals surface area contributed by atoms with Crippen molar-refractivity contribution in [2.45, 2.75) is 0 Å². The molecule has 1 aromatic heterocycles. The first kappa shape index (κ1) is 19.1. The maximum atomic E-state index is 13.5. The van der Waals surface area contributed by atoms with Crippen LogP contribution in [-0.4, -0.2) is 75.2 Å². The molecule has 1 fully saturated rings. The predicted octanol–water partition coefficient (Wildman–Crippen LogP) is 2.57. The van der Waals surface area contributed by atoms with E-state index in [9.17, 15) is 4.79 Å². The number of hydrogen-bond acceptors (Lipinski definition) is 5. The lowest BCUT2D eigenvalue weighted by Crippen LogP contribution is -2.49. The normalized spacial score (nSPS) is 15.9. The number of fused-ring (bicyclic) bond motifs is 2. The SMILES string of the molecule is Cn1sc2ccccc2n(C(=O)CN2CCN(CCO)CC2)c2ccccc21. The van der Waals surface area contributed by atoms with Gasteiger partial charge in [-0.1, -0.05) is 35.8 Å². The van der Waals surface area contributed by atoms with Crippen LogP contribution in [0.2, 0.25) is 0 Å². The minimum atomic E-state index is 0.0893. The first-order valence-corrected chi connectivity index (χ1v) is 10.4. The van der Waals surface area contributed by atoms with Gasteiger partial charge in [0.15, 0.2) is 0 Å². The molecule has 0 spiro atoms. The Morgan fingerprint density at radius 3 is 2.25 bits per heavy atom. The quantitative estimate of drug-likeness (QED) is 0.734. The highest BCUT2D eigenvalue weighted by Crippen LogP contribution is 2.24. The minimum absolute atomic E-state index is 0.0893. The molecule has 1 aliphatic heterocycles. The summed E-state index contributed by atoms with van der Waals surface area (Å²) in [6.07, 6.45) is 0. The molecule has 0 bridgehead atoms. The molecule has 0 radical (unpaired) electrons. The van der Waals surface area contributed by atoms with Crippen molar-refractivity contribution in [2.24, 2.45) is 7.05 Å². The van der Waals surface area contributed by atoms with E-state index >= 15 is 0 Å². The molecule has 4 rings (SSSR count). The zero-order valence-corrected chi connectivity index (χ0v) is 16.9. The summed E-state index contributed by atoms with van der Waals surface area (Å²) in [5.74, 6) is 0.0893. The molecule has 1 aliphatic rings. The Bertz CT molecular complexity index is 1030. The summed E-state index contributed by atoms with van der Waals surface area (Å²) in [7, 11) is 2.04. The van der Waals surface area contributed by atoms with E-state index < -0.39 is 0 Å². The molecule has 148 valence electrons. The summed E-state index contributed by atoms with van der Waals surface area (Å²) in [6, 6.07) is 16.2. The lowest BCUT2D eigenvalue weighted by molar-refractivity contribution is 0.0760. The van der Waals surface area contributed by atoms with E-state index in [1.807, 2.05) is 48.0 Å². The van der Waals surface area contributed by atoms with Gasteiger partial charge >= 0.3 is 0 Å². The molecule has 28 heavy (non-hydrogen) atoms. The Balaban J connectivity index is 1.73. The van der Waals surface area contributed by atoms with Crippen LogP contribution >= 0.6 is 11.5 Å². The van der Waals surface area contributed by atoms with Gasteiger partial charge in [0.25, 0.3) is 0 Å². The number of β-amino-alcohol motifs (C(OH)–C–C–N with tert-alkyl or cyclic N) is 1. The second-order valence-electron chi connectivity index (χ2n) is 7.12. The molecule has 0 unspecified atom stereocenters. The lowest BCUT2D eigenvalue weighted by Gasteiger charge is -2.33. The molecular formula is C21H26N4O2S. The van der Waals surface area contributed by atoms with Crippen LogP contribution in [0.15, 0.2) is 48.5 Å². The summed E-state index contributed by atoms with van der Waals surface area (Å²) in [4.78, 5) is 17.9. The number of aromatic nitrogens is 2. The molecule has 0 atom stereocenters. The van der Waals surface area contributed by atoms with Crippen LogP contribution in [-0.2, 0) is 7.05 Å². The van der Waals surface area contributed by atoms with Gasteiger partial charge in [-0.2, -0.15) is 0 Å². The number of carbonyl (C=O) groups is 1. The number of aliphatic hydroxyl groups is 1. The van der Waals surface area contributed by atoms with Gasteiger partial charge in [-0.25, -0.2) is 0 Å². The van der Waals surface area contributed by atoms with Crippen LogP contribution in [0.5, 0.6) is 0 Å². The van der Waals surface area contributed by atoms with E-state index in [0.717, 1.165) is 47.4 Å². The third-order valence-electron chi connectivity index (χ3n) is 5.29. The maximum absolute atomic E-state index is 13.5. The van der Waals surface area contributed by atoms with E-state index in [2.05, 4.69) is 25.9 Å². The highest BCUT2D eigenvalue weighted by atomic mass is 32.1. The molecule has 2 heterocycles.